The average Bonchev–Trinajstić information content (AvgIpc) is 2.78. The summed E-state index contributed by atoms with van der Waals surface area (Å²) >= 11 is 0. The Bertz CT molecular complexity index is 824. The van der Waals surface area contributed by atoms with Gasteiger partial charge in [0.25, 0.3) is 11.8 Å². The molecule has 5 amide bonds. The van der Waals surface area contributed by atoms with Crippen molar-refractivity contribution in [1.82, 2.24) is 14.9 Å². The third-order valence-electron chi connectivity index (χ3n) is 5.53. The molecule has 9 heteroatoms. The van der Waals surface area contributed by atoms with E-state index >= 15 is 0 Å². The fourth-order valence-corrected chi connectivity index (χ4v) is 3.69. The number of ether oxygens (including phenoxy) is 1. The number of hydroxylamine groups is 2. The van der Waals surface area contributed by atoms with Gasteiger partial charge in [0.15, 0.2) is 5.41 Å². The second-order valence-electron chi connectivity index (χ2n) is 7.77. The summed E-state index contributed by atoms with van der Waals surface area (Å²) in [7, 11) is 0. The van der Waals surface area contributed by atoms with Crippen molar-refractivity contribution in [3.8, 4) is 0 Å². The summed E-state index contributed by atoms with van der Waals surface area (Å²) in [4.78, 5) is 60.4. The summed E-state index contributed by atoms with van der Waals surface area (Å²) in [5, 5.41) is 0.446. The maximum atomic E-state index is 13.6. The molecule has 0 aromatic heterocycles. The molecule has 1 aliphatic heterocycles. The second-order valence-corrected chi connectivity index (χ2v) is 7.77. The number of imide groups is 2. The van der Waals surface area contributed by atoms with E-state index in [0.29, 0.717) is 36.7 Å². The number of hydrogen-bond acceptors (Lipinski definition) is 6. The normalized spacial score (nSPS) is 19.0. The van der Waals surface area contributed by atoms with E-state index in [0.717, 1.165) is 4.90 Å². The highest BCUT2D eigenvalue weighted by Crippen LogP contribution is 2.37. The van der Waals surface area contributed by atoms with Gasteiger partial charge >= 0.3 is 12.1 Å². The van der Waals surface area contributed by atoms with Crippen molar-refractivity contribution in [2.45, 2.75) is 59.0 Å². The predicted molar refractivity (Wildman–Crippen MR) is 117 cm³/mol. The molecule has 0 aliphatic carbocycles. The highest BCUT2D eigenvalue weighted by atomic mass is 16.7. The molecule has 1 aromatic rings. The summed E-state index contributed by atoms with van der Waals surface area (Å²) in [6, 6.07) is 7.58. The van der Waals surface area contributed by atoms with Crippen LogP contribution in [-0.2, 0) is 24.6 Å². The number of nitrogens with zero attached hydrogens (tertiary/aromatic N) is 3. The first-order valence-electron chi connectivity index (χ1n) is 11.1. The predicted octanol–water partition coefficient (Wildman–Crippen LogP) is 3.33. The van der Waals surface area contributed by atoms with Gasteiger partial charge in [-0.25, -0.2) is 9.59 Å². The van der Waals surface area contributed by atoms with Crippen LogP contribution in [0.25, 0.3) is 0 Å². The lowest BCUT2D eigenvalue weighted by molar-refractivity contribution is -0.177. The summed E-state index contributed by atoms with van der Waals surface area (Å²) in [5.74, 6) is -1.49. The number of urea groups is 1. The van der Waals surface area contributed by atoms with Crippen LogP contribution >= 0.6 is 0 Å². The Hall–Kier alpha value is -2.94. The third kappa shape index (κ3) is 4.93. The third-order valence-corrected chi connectivity index (χ3v) is 5.53. The van der Waals surface area contributed by atoms with E-state index in [2.05, 4.69) is 0 Å². The van der Waals surface area contributed by atoms with Gasteiger partial charge in [0, 0.05) is 26.2 Å². The number of carbonyl (C=O) groups excluding carboxylic acids is 4. The SMILES string of the molecule is CCN(CC)C(=O)ON1C(=O)N(CCCOC(C)C)C(=O)C(CC)(c2ccccc2)C1=O. The van der Waals surface area contributed by atoms with Gasteiger partial charge in [-0.05, 0) is 46.1 Å². The highest BCUT2D eigenvalue weighted by Gasteiger charge is 2.59. The van der Waals surface area contributed by atoms with Crippen LogP contribution in [0.3, 0.4) is 0 Å². The molecule has 0 saturated carbocycles. The lowest BCUT2D eigenvalue weighted by Gasteiger charge is -2.42. The Labute approximate surface area is 189 Å². The van der Waals surface area contributed by atoms with Crippen LogP contribution < -0.4 is 0 Å². The van der Waals surface area contributed by atoms with Gasteiger partial charge in [-0.3, -0.25) is 14.5 Å². The summed E-state index contributed by atoms with van der Waals surface area (Å²) in [5.41, 5.74) is -1.23. The lowest BCUT2D eigenvalue weighted by atomic mass is 9.74. The first kappa shape index (κ1) is 25.3. The minimum Gasteiger partial charge on any atom is -0.379 e. The standard InChI is InChI=1S/C23H33N3O6/c1-6-23(18-13-10-9-11-14-18)19(27)25(15-12-16-31-17(4)5)21(29)26(20(23)28)32-22(30)24(7-2)8-3/h9-11,13-14,17H,6-8,12,15-16H2,1-5H3. The maximum absolute atomic E-state index is 13.6. The van der Waals surface area contributed by atoms with Crippen molar-refractivity contribution < 1.29 is 28.8 Å². The maximum Gasteiger partial charge on any atom is 0.434 e. The van der Waals surface area contributed by atoms with E-state index in [1.54, 1.807) is 51.1 Å². The average molecular weight is 448 g/mol. The molecule has 1 saturated heterocycles. The zero-order valence-corrected chi connectivity index (χ0v) is 19.5. The largest absolute Gasteiger partial charge is 0.434 e. The molecular formula is C23H33N3O6. The molecular weight excluding hydrogens is 414 g/mol. The van der Waals surface area contributed by atoms with Crippen LogP contribution in [-0.4, -0.2) is 71.1 Å². The molecule has 1 aliphatic rings. The van der Waals surface area contributed by atoms with Gasteiger partial charge in [0.1, 0.15) is 0 Å². The molecule has 0 radical (unpaired) electrons. The molecule has 0 N–H and O–H groups in total. The van der Waals surface area contributed by atoms with Gasteiger partial charge < -0.3 is 14.5 Å². The van der Waals surface area contributed by atoms with E-state index in [9.17, 15) is 19.2 Å². The van der Waals surface area contributed by atoms with E-state index < -0.39 is 29.4 Å². The highest BCUT2D eigenvalue weighted by molar-refractivity contribution is 6.22. The summed E-state index contributed by atoms with van der Waals surface area (Å²) in [6.07, 6.45) is -0.335. The summed E-state index contributed by atoms with van der Waals surface area (Å²) < 4.78 is 5.52. The Morgan fingerprint density at radius 3 is 2.19 bits per heavy atom. The van der Waals surface area contributed by atoms with Crippen molar-refractivity contribution in [3.63, 3.8) is 0 Å². The van der Waals surface area contributed by atoms with Crippen LogP contribution in [0.15, 0.2) is 30.3 Å². The van der Waals surface area contributed by atoms with Gasteiger partial charge in [-0.2, -0.15) is 0 Å². The number of benzene rings is 1. The molecule has 1 unspecified atom stereocenters. The molecule has 176 valence electrons. The van der Waals surface area contributed by atoms with Crippen LogP contribution in [0.2, 0.25) is 0 Å². The molecule has 1 heterocycles. The van der Waals surface area contributed by atoms with Gasteiger partial charge in [-0.15, -0.1) is 0 Å². The van der Waals surface area contributed by atoms with E-state index in [1.165, 1.54) is 4.90 Å². The van der Waals surface area contributed by atoms with Gasteiger partial charge in [0.05, 0.1) is 6.10 Å². The van der Waals surface area contributed by atoms with Crippen LogP contribution in [0.5, 0.6) is 0 Å². The quantitative estimate of drug-likeness (QED) is 0.403. The van der Waals surface area contributed by atoms with Crippen molar-refractivity contribution >= 4 is 23.9 Å². The van der Waals surface area contributed by atoms with Crippen molar-refractivity contribution in [3.05, 3.63) is 35.9 Å². The molecule has 1 atom stereocenters. The Balaban J connectivity index is 2.45. The minimum absolute atomic E-state index is 0.00918. The first-order valence-corrected chi connectivity index (χ1v) is 11.1. The van der Waals surface area contributed by atoms with E-state index in [1.807, 2.05) is 13.8 Å². The minimum atomic E-state index is -1.67. The molecule has 0 bridgehead atoms. The Morgan fingerprint density at radius 1 is 1.03 bits per heavy atom. The van der Waals surface area contributed by atoms with Crippen molar-refractivity contribution in [2.75, 3.05) is 26.2 Å². The second kappa shape index (κ2) is 11.1. The fourth-order valence-electron chi connectivity index (χ4n) is 3.69. The first-order chi connectivity index (χ1) is 15.2. The zero-order chi connectivity index (χ0) is 23.9. The monoisotopic (exact) mass is 447 g/mol. The Kier molecular flexibility index (Phi) is 8.77. The Morgan fingerprint density at radius 2 is 1.66 bits per heavy atom. The number of hydrogen-bond donors (Lipinski definition) is 0. The smallest absolute Gasteiger partial charge is 0.379 e. The van der Waals surface area contributed by atoms with E-state index in [4.69, 9.17) is 9.57 Å². The van der Waals surface area contributed by atoms with Crippen molar-refractivity contribution in [2.24, 2.45) is 0 Å². The number of barbiturate groups is 1. The molecule has 1 aromatic carbocycles. The fraction of sp³-hybridized carbons (Fsp3) is 0.565. The molecule has 2 rings (SSSR count). The number of amides is 5. The topological polar surface area (TPSA) is 96.5 Å². The van der Waals surface area contributed by atoms with Crippen LogP contribution in [0.4, 0.5) is 9.59 Å². The molecule has 32 heavy (non-hydrogen) atoms. The van der Waals surface area contributed by atoms with Gasteiger partial charge in [0.2, 0.25) is 0 Å². The number of rotatable bonds is 10. The van der Waals surface area contributed by atoms with Gasteiger partial charge in [-0.1, -0.05) is 42.3 Å². The zero-order valence-electron chi connectivity index (χ0n) is 19.5. The van der Waals surface area contributed by atoms with Crippen molar-refractivity contribution in [1.29, 1.82) is 0 Å². The number of carbonyl (C=O) groups is 4. The summed E-state index contributed by atoms with van der Waals surface area (Å²) in [6.45, 7) is 10.1. The van der Waals surface area contributed by atoms with E-state index in [-0.39, 0.29) is 19.1 Å². The molecule has 9 nitrogen and oxygen atoms in total. The van der Waals surface area contributed by atoms with Crippen LogP contribution in [0.1, 0.15) is 53.0 Å². The lowest BCUT2D eigenvalue weighted by Crippen LogP contribution is -2.67. The molecule has 1 fully saturated rings. The molecule has 0 spiro atoms. The van der Waals surface area contributed by atoms with Crippen LogP contribution in [0, 0.1) is 0 Å².